The maximum Gasteiger partial charge on any atom is 0.314 e. The Morgan fingerprint density at radius 1 is 1.38 bits per heavy atom. The Bertz CT molecular complexity index is 479. The van der Waals surface area contributed by atoms with Gasteiger partial charge in [-0.2, -0.15) is 0 Å². The van der Waals surface area contributed by atoms with Crippen LogP contribution >= 0.6 is 15.9 Å². The van der Waals surface area contributed by atoms with Gasteiger partial charge in [-0.25, -0.2) is 0 Å². The first-order valence-electron chi connectivity index (χ1n) is 4.96. The van der Waals surface area contributed by atoms with E-state index in [2.05, 4.69) is 15.9 Å². The third-order valence-corrected chi connectivity index (χ3v) is 3.73. The second kappa shape index (κ2) is 3.13. The average Bonchev–Trinajstić information content (AvgIpc) is 2.92. The standard InChI is InChI=1S/C11H9BrO4/c12-7-3-6(11(1-2-11)10(13)14)4-8-9(7)16-5-15-8/h3-4H,1-2,5H2,(H,13,14). The lowest BCUT2D eigenvalue weighted by Gasteiger charge is -2.11. The number of fused-ring (bicyclic) bond motifs is 1. The predicted molar refractivity (Wildman–Crippen MR) is 58.8 cm³/mol. The molecular formula is C11H9BrO4. The highest BCUT2D eigenvalue weighted by Crippen LogP contribution is 2.52. The Kier molecular flexibility index (Phi) is 1.95. The topological polar surface area (TPSA) is 55.8 Å². The quantitative estimate of drug-likeness (QED) is 0.905. The highest BCUT2D eigenvalue weighted by Gasteiger charge is 2.52. The molecule has 1 aliphatic carbocycles. The highest BCUT2D eigenvalue weighted by atomic mass is 79.9. The largest absolute Gasteiger partial charge is 0.481 e. The van der Waals surface area contributed by atoms with Gasteiger partial charge in [0.25, 0.3) is 0 Å². The molecule has 0 spiro atoms. The summed E-state index contributed by atoms with van der Waals surface area (Å²) in [6, 6.07) is 3.59. The Morgan fingerprint density at radius 3 is 2.75 bits per heavy atom. The van der Waals surface area contributed by atoms with Gasteiger partial charge >= 0.3 is 5.97 Å². The van der Waals surface area contributed by atoms with E-state index in [9.17, 15) is 9.90 Å². The lowest BCUT2D eigenvalue weighted by atomic mass is 9.96. The summed E-state index contributed by atoms with van der Waals surface area (Å²) < 4.78 is 11.3. The second-order valence-electron chi connectivity index (χ2n) is 4.08. The van der Waals surface area contributed by atoms with Crippen LogP contribution in [-0.2, 0) is 10.2 Å². The molecule has 1 saturated carbocycles. The Labute approximate surface area is 100 Å². The minimum absolute atomic E-state index is 0.192. The third-order valence-electron chi connectivity index (χ3n) is 3.14. The number of hydrogen-bond acceptors (Lipinski definition) is 3. The lowest BCUT2D eigenvalue weighted by Crippen LogP contribution is -2.19. The van der Waals surface area contributed by atoms with Crippen LogP contribution in [0.4, 0.5) is 0 Å². The number of ether oxygens (including phenoxy) is 2. The number of benzene rings is 1. The molecule has 16 heavy (non-hydrogen) atoms. The van der Waals surface area contributed by atoms with E-state index < -0.39 is 11.4 Å². The van der Waals surface area contributed by atoms with Crippen molar-refractivity contribution in [3.63, 3.8) is 0 Å². The molecule has 0 aromatic heterocycles. The molecule has 0 bridgehead atoms. The molecule has 3 rings (SSSR count). The highest BCUT2D eigenvalue weighted by molar-refractivity contribution is 9.10. The van der Waals surface area contributed by atoms with Crippen molar-refractivity contribution in [2.75, 3.05) is 6.79 Å². The summed E-state index contributed by atoms with van der Waals surface area (Å²) in [6.45, 7) is 0.192. The van der Waals surface area contributed by atoms with Crippen LogP contribution < -0.4 is 9.47 Å². The summed E-state index contributed by atoms with van der Waals surface area (Å²) in [7, 11) is 0. The fraction of sp³-hybridized carbons (Fsp3) is 0.364. The zero-order chi connectivity index (χ0) is 11.3. The molecule has 5 heteroatoms. The maximum atomic E-state index is 11.2. The van der Waals surface area contributed by atoms with E-state index in [-0.39, 0.29) is 6.79 Å². The molecule has 0 saturated heterocycles. The Morgan fingerprint density at radius 2 is 2.12 bits per heavy atom. The van der Waals surface area contributed by atoms with E-state index in [1.54, 1.807) is 6.07 Å². The number of rotatable bonds is 2. The number of carbonyl (C=O) groups is 1. The molecule has 0 atom stereocenters. The monoisotopic (exact) mass is 284 g/mol. The van der Waals surface area contributed by atoms with E-state index in [1.807, 2.05) is 6.07 Å². The minimum atomic E-state index is -0.765. The van der Waals surface area contributed by atoms with Gasteiger partial charge < -0.3 is 14.6 Å². The maximum absolute atomic E-state index is 11.2. The van der Waals surface area contributed by atoms with Crippen LogP contribution in [0.1, 0.15) is 18.4 Å². The fourth-order valence-electron chi connectivity index (χ4n) is 1.99. The first kappa shape index (κ1) is 9.96. The molecule has 0 unspecified atom stereocenters. The van der Waals surface area contributed by atoms with Crippen LogP contribution in [0.15, 0.2) is 16.6 Å². The summed E-state index contributed by atoms with van der Waals surface area (Å²) in [6.07, 6.45) is 1.38. The van der Waals surface area contributed by atoms with Crippen molar-refractivity contribution in [2.24, 2.45) is 0 Å². The minimum Gasteiger partial charge on any atom is -0.481 e. The van der Waals surface area contributed by atoms with Gasteiger partial charge in [0.2, 0.25) is 6.79 Å². The third kappa shape index (κ3) is 1.24. The molecule has 1 N–H and O–H groups in total. The van der Waals surface area contributed by atoms with Crippen molar-refractivity contribution in [1.29, 1.82) is 0 Å². The van der Waals surface area contributed by atoms with Crippen LogP contribution in [0.3, 0.4) is 0 Å². The average molecular weight is 285 g/mol. The van der Waals surface area contributed by atoms with Crippen molar-refractivity contribution < 1.29 is 19.4 Å². The zero-order valence-corrected chi connectivity index (χ0v) is 9.91. The van der Waals surface area contributed by atoms with Crippen LogP contribution in [0.25, 0.3) is 0 Å². The van der Waals surface area contributed by atoms with E-state index in [0.29, 0.717) is 24.3 Å². The molecule has 1 fully saturated rings. The van der Waals surface area contributed by atoms with Crippen LogP contribution in [-0.4, -0.2) is 17.9 Å². The molecule has 1 aromatic rings. The summed E-state index contributed by atoms with van der Waals surface area (Å²) >= 11 is 3.37. The first-order chi connectivity index (χ1) is 7.63. The summed E-state index contributed by atoms with van der Waals surface area (Å²) in [5.74, 6) is 0.514. The van der Waals surface area contributed by atoms with Gasteiger partial charge in [-0.05, 0) is 46.5 Å². The number of halogens is 1. The SMILES string of the molecule is O=C(O)C1(c2cc(Br)c3c(c2)OCO3)CC1. The molecule has 1 aromatic carbocycles. The molecule has 1 heterocycles. The normalized spacial score (nSPS) is 19.6. The predicted octanol–water partition coefficient (Wildman–Crippen LogP) is 2.29. The van der Waals surface area contributed by atoms with Crippen molar-refractivity contribution in [3.05, 3.63) is 22.2 Å². The Balaban J connectivity index is 2.10. The van der Waals surface area contributed by atoms with E-state index in [4.69, 9.17) is 9.47 Å². The molecular weight excluding hydrogens is 276 g/mol. The Hall–Kier alpha value is -1.23. The van der Waals surface area contributed by atoms with Gasteiger partial charge in [0.1, 0.15) is 0 Å². The zero-order valence-electron chi connectivity index (χ0n) is 8.33. The molecule has 1 aliphatic heterocycles. The fourth-order valence-corrected chi connectivity index (χ4v) is 2.55. The van der Waals surface area contributed by atoms with Crippen molar-refractivity contribution in [2.45, 2.75) is 18.3 Å². The summed E-state index contributed by atoms with van der Waals surface area (Å²) in [5.41, 5.74) is 0.0832. The molecule has 2 aliphatic rings. The van der Waals surface area contributed by atoms with Gasteiger partial charge in [0, 0.05) is 0 Å². The molecule has 0 amide bonds. The van der Waals surface area contributed by atoms with E-state index >= 15 is 0 Å². The lowest BCUT2D eigenvalue weighted by molar-refractivity contribution is -0.140. The number of hydrogen-bond donors (Lipinski definition) is 1. The van der Waals surface area contributed by atoms with Gasteiger partial charge in [0.15, 0.2) is 11.5 Å². The van der Waals surface area contributed by atoms with Gasteiger partial charge in [-0.3, -0.25) is 4.79 Å². The molecule has 84 valence electrons. The van der Waals surface area contributed by atoms with Crippen LogP contribution in [0, 0.1) is 0 Å². The van der Waals surface area contributed by atoms with Gasteiger partial charge in [-0.1, -0.05) is 0 Å². The molecule has 0 radical (unpaired) electrons. The van der Waals surface area contributed by atoms with Crippen LogP contribution in [0.2, 0.25) is 0 Å². The summed E-state index contributed by atoms with van der Waals surface area (Å²) in [5, 5.41) is 9.21. The molecule has 4 nitrogen and oxygen atoms in total. The summed E-state index contributed by atoms with van der Waals surface area (Å²) in [4.78, 5) is 11.2. The van der Waals surface area contributed by atoms with Gasteiger partial charge in [0.05, 0.1) is 9.89 Å². The van der Waals surface area contributed by atoms with E-state index in [1.165, 1.54) is 0 Å². The van der Waals surface area contributed by atoms with Crippen molar-refractivity contribution in [3.8, 4) is 11.5 Å². The smallest absolute Gasteiger partial charge is 0.314 e. The van der Waals surface area contributed by atoms with Crippen LogP contribution in [0.5, 0.6) is 11.5 Å². The second-order valence-corrected chi connectivity index (χ2v) is 4.93. The number of aliphatic carboxylic acids is 1. The number of carboxylic acid groups (broad SMARTS) is 1. The van der Waals surface area contributed by atoms with Gasteiger partial charge in [-0.15, -0.1) is 0 Å². The van der Waals surface area contributed by atoms with E-state index in [0.717, 1.165) is 10.0 Å². The number of carboxylic acids is 1. The van der Waals surface area contributed by atoms with Crippen molar-refractivity contribution in [1.82, 2.24) is 0 Å². The first-order valence-corrected chi connectivity index (χ1v) is 5.76. The van der Waals surface area contributed by atoms with Crippen molar-refractivity contribution >= 4 is 21.9 Å².